The molecule has 0 aromatic carbocycles. The smallest absolute Gasteiger partial charge is 0.316 e. The van der Waals surface area contributed by atoms with Crippen molar-refractivity contribution < 1.29 is 9.53 Å². The molecule has 3 rings (SSSR count). The van der Waals surface area contributed by atoms with Gasteiger partial charge in [-0.1, -0.05) is 18.7 Å². The van der Waals surface area contributed by atoms with Gasteiger partial charge in [0.2, 0.25) is 0 Å². The van der Waals surface area contributed by atoms with Crippen molar-refractivity contribution in [2.45, 2.75) is 51.7 Å². The maximum absolute atomic E-state index is 11.6. The summed E-state index contributed by atoms with van der Waals surface area (Å²) in [6.45, 7) is 7.17. The minimum atomic E-state index is -0.238. The van der Waals surface area contributed by atoms with Crippen molar-refractivity contribution in [2.24, 2.45) is 5.92 Å². The zero-order chi connectivity index (χ0) is 17.3. The minimum absolute atomic E-state index is 0.230. The fourth-order valence-corrected chi connectivity index (χ4v) is 5.47. The first kappa shape index (κ1) is 17.5. The molecule has 2 aromatic heterocycles. The Balaban J connectivity index is 2.02. The largest absolute Gasteiger partial charge is 0.465 e. The van der Waals surface area contributed by atoms with Crippen LogP contribution in [0.5, 0.6) is 0 Å². The molecular weight excluding hydrogens is 342 g/mol. The molecule has 0 bridgehead atoms. The molecule has 1 N–H and O–H groups in total. The summed E-state index contributed by atoms with van der Waals surface area (Å²) < 4.78 is 6.89. The van der Waals surface area contributed by atoms with Crippen LogP contribution in [0.25, 0.3) is 10.2 Å². The van der Waals surface area contributed by atoms with Gasteiger partial charge in [-0.3, -0.25) is 10.2 Å². The van der Waals surface area contributed by atoms with E-state index in [0.717, 1.165) is 28.2 Å². The molecule has 24 heavy (non-hydrogen) atoms. The first-order valence-corrected chi connectivity index (χ1v) is 10.2. The fourth-order valence-electron chi connectivity index (χ4n) is 3.17. The second kappa shape index (κ2) is 7.27. The summed E-state index contributed by atoms with van der Waals surface area (Å²) in [4.78, 5) is 18.7. The average molecular weight is 366 g/mol. The summed E-state index contributed by atoms with van der Waals surface area (Å²) in [6.07, 6.45) is 3.32. The number of thiophene rings is 1. The van der Waals surface area contributed by atoms with Crippen LogP contribution in [-0.4, -0.2) is 27.9 Å². The average Bonchev–Trinajstić information content (AvgIpc) is 2.90. The van der Waals surface area contributed by atoms with Gasteiger partial charge >= 0.3 is 5.97 Å². The van der Waals surface area contributed by atoms with E-state index < -0.39 is 0 Å². The Kier molecular flexibility index (Phi) is 5.30. The summed E-state index contributed by atoms with van der Waals surface area (Å²) in [7, 11) is 0. The van der Waals surface area contributed by atoms with Crippen LogP contribution < -0.4 is 5.49 Å². The van der Waals surface area contributed by atoms with E-state index in [0.29, 0.717) is 24.6 Å². The molecule has 0 saturated carbocycles. The molecule has 5 nitrogen and oxygen atoms in total. The molecule has 0 radical (unpaired) electrons. The third kappa shape index (κ3) is 3.24. The van der Waals surface area contributed by atoms with E-state index in [9.17, 15) is 4.79 Å². The first-order valence-electron chi connectivity index (χ1n) is 8.43. The molecule has 1 aliphatic carbocycles. The van der Waals surface area contributed by atoms with Gasteiger partial charge < -0.3 is 9.30 Å². The minimum Gasteiger partial charge on any atom is -0.465 e. The SMILES string of the molecule is CCOC(=O)CSc1nc2sc3c(c2c(=N)n1CC)CC[C@H](C)C3. The maximum atomic E-state index is 11.6. The lowest BCUT2D eigenvalue weighted by Crippen LogP contribution is -2.24. The predicted molar refractivity (Wildman–Crippen MR) is 97.7 cm³/mol. The number of nitrogens with zero attached hydrogens (tertiary/aromatic N) is 2. The van der Waals surface area contributed by atoms with Gasteiger partial charge in [0.05, 0.1) is 17.7 Å². The number of carbonyl (C=O) groups excluding carboxylic acids is 1. The third-order valence-electron chi connectivity index (χ3n) is 4.37. The number of hydrogen-bond donors (Lipinski definition) is 1. The Hall–Kier alpha value is -1.34. The summed E-state index contributed by atoms with van der Waals surface area (Å²) in [5.74, 6) is 0.696. The number of fused-ring (bicyclic) bond motifs is 3. The van der Waals surface area contributed by atoms with E-state index in [4.69, 9.17) is 15.1 Å². The predicted octanol–water partition coefficient (Wildman–Crippen LogP) is 3.38. The van der Waals surface area contributed by atoms with Crippen LogP contribution in [0.1, 0.15) is 37.6 Å². The normalized spacial score (nSPS) is 17.0. The van der Waals surface area contributed by atoms with Crippen molar-refractivity contribution in [1.82, 2.24) is 9.55 Å². The van der Waals surface area contributed by atoms with Crippen molar-refractivity contribution in [3.63, 3.8) is 0 Å². The highest BCUT2D eigenvalue weighted by Crippen LogP contribution is 2.36. The van der Waals surface area contributed by atoms with E-state index >= 15 is 0 Å². The number of nitrogens with one attached hydrogen (secondary N) is 1. The van der Waals surface area contributed by atoms with Crippen LogP contribution in [-0.2, 0) is 28.9 Å². The van der Waals surface area contributed by atoms with E-state index in [1.807, 2.05) is 11.5 Å². The van der Waals surface area contributed by atoms with Gasteiger partial charge in [0.1, 0.15) is 10.3 Å². The molecular formula is C17H23N3O2S2. The molecule has 1 aliphatic rings. The summed E-state index contributed by atoms with van der Waals surface area (Å²) in [6, 6.07) is 0. The van der Waals surface area contributed by atoms with Crippen molar-refractivity contribution in [3.05, 3.63) is 15.9 Å². The zero-order valence-corrected chi connectivity index (χ0v) is 16.0. The van der Waals surface area contributed by atoms with Crippen LogP contribution in [0, 0.1) is 11.3 Å². The molecule has 7 heteroatoms. The second-order valence-corrected chi connectivity index (χ2v) is 8.14. The lowest BCUT2D eigenvalue weighted by Gasteiger charge is -2.18. The molecule has 2 aromatic rings. The van der Waals surface area contributed by atoms with Crippen LogP contribution >= 0.6 is 23.1 Å². The molecule has 2 heterocycles. The van der Waals surface area contributed by atoms with Gasteiger partial charge in [0.15, 0.2) is 5.16 Å². The highest BCUT2D eigenvalue weighted by Gasteiger charge is 2.23. The van der Waals surface area contributed by atoms with E-state index in [1.165, 1.54) is 28.6 Å². The molecule has 0 spiro atoms. The van der Waals surface area contributed by atoms with Gasteiger partial charge in [-0.25, -0.2) is 4.98 Å². The summed E-state index contributed by atoms with van der Waals surface area (Å²) in [5.41, 5.74) is 1.86. The van der Waals surface area contributed by atoms with Gasteiger partial charge in [-0.2, -0.15) is 0 Å². The number of hydrogen-bond acceptors (Lipinski definition) is 6. The van der Waals surface area contributed by atoms with Gasteiger partial charge in [0, 0.05) is 11.4 Å². The monoisotopic (exact) mass is 365 g/mol. The summed E-state index contributed by atoms with van der Waals surface area (Å²) in [5, 5.41) is 10.4. The molecule has 0 fully saturated rings. The van der Waals surface area contributed by atoms with Gasteiger partial charge in [-0.05, 0) is 44.6 Å². The third-order valence-corrected chi connectivity index (χ3v) is 6.47. The van der Waals surface area contributed by atoms with Crippen molar-refractivity contribution in [3.8, 4) is 0 Å². The number of aromatic nitrogens is 2. The Morgan fingerprint density at radius 3 is 3.00 bits per heavy atom. The van der Waals surface area contributed by atoms with Crippen LogP contribution in [0.15, 0.2) is 5.16 Å². The number of aryl methyl sites for hydroxylation is 1. The second-order valence-electron chi connectivity index (χ2n) is 6.11. The standard InChI is InChI=1S/C17H23N3O2S2/c1-4-20-15(18)14-11-7-6-10(3)8-12(11)24-16(14)19-17(20)23-9-13(21)22-5-2/h10,18H,4-9H2,1-3H3/t10-/m0/s1. The highest BCUT2D eigenvalue weighted by atomic mass is 32.2. The lowest BCUT2D eigenvalue weighted by molar-refractivity contribution is -0.139. The number of esters is 1. The number of carbonyl (C=O) groups is 1. The number of rotatable bonds is 5. The summed E-state index contributed by atoms with van der Waals surface area (Å²) >= 11 is 3.08. The maximum Gasteiger partial charge on any atom is 0.316 e. The molecule has 1 atom stereocenters. The molecule has 0 unspecified atom stereocenters. The highest BCUT2D eigenvalue weighted by molar-refractivity contribution is 7.99. The van der Waals surface area contributed by atoms with E-state index in [-0.39, 0.29) is 11.7 Å². The van der Waals surface area contributed by atoms with E-state index in [1.54, 1.807) is 18.3 Å². The Morgan fingerprint density at radius 2 is 2.29 bits per heavy atom. The molecule has 0 amide bonds. The van der Waals surface area contributed by atoms with Crippen LogP contribution in [0.2, 0.25) is 0 Å². The molecule has 0 saturated heterocycles. The van der Waals surface area contributed by atoms with Gasteiger partial charge in [0.25, 0.3) is 0 Å². The number of ether oxygens (including phenoxy) is 1. The number of thioether (sulfide) groups is 1. The Morgan fingerprint density at radius 1 is 1.50 bits per heavy atom. The van der Waals surface area contributed by atoms with Crippen molar-refractivity contribution >= 4 is 39.3 Å². The van der Waals surface area contributed by atoms with E-state index in [2.05, 4.69) is 6.92 Å². The topological polar surface area (TPSA) is 68.0 Å². The Labute approximate surface area is 149 Å². The van der Waals surface area contributed by atoms with Gasteiger partial charge in [-0.15, -0.1) is 11.3 Å². The lowest BCUT2D eigenvalue weighted by atomic mass is 9.89. The fraction of sp³-hybridized carbons (Fsp3) is 0.588. The zero-order valence-electron chi connectivity index (χ0n) is 14.3. The Bertz CT molecular complexity index is 825. The first-order chi connectivity index (χ1) is 11.5. The van der Waals surface area contributed by atoms with Crippen LogP contribution in [0.3, 0.4) is 0 Å². The quantitative estimate of drug-likeness (QED) is 0.501. The van der Waals surface area contributed by atoms with Crippen molar-refractivity contribution in [2.75, 3.05) is 12.4 Å². The van der Waals surface area contributed by atoms with Crippen molar-refractivity contribution in [1.29, 1.82) is 5.41 Å². The molecule has 0 aliphatic heterocycles. The van der Waals surface area contributed by atoms with Crippen LogP contribution in [0.4, 0.5) is 0 Å². The molecule has 130 valence electrons.